The Kier molecular flexibility index (Phi) is 3.33. The molecule has 0 N–H and O–H groups in total. The highest BCUT2D eigenvalue weighted by atomic mass is 14.1. The number of hydrogen-bond acceptors (Lipinski definition) is 0. The summed E-state index contributed by atoms with van der Waals surface area (Å²) in [6.45, 7) is 8.43. The van der Waals surface area contributed by atoms with Gasteiger partial charge in [0.15, 0.2) is 0 Å². The molecule has 1 radical (unpaired) electrons. The average molecular weight is 161 g/mol. The van der Waals surface area contributed by atoms with Crippen LogP contribution in [0.4, 0.5) is 0 Å². The summed E-state index contributed by atoms with van der Waals surface area (Å²) in [6, 6.07) is 8.59. The molecule has 0 aromatic heterocycles. The van der Waals surface area contributed by atoms with Crippen LogP contribution >= 0.6 is 0 Å². The Bertz CT molecular complexity index is 238. The zero-order valence-electron chi connectivity index (χ0n) is 8.01. The van der Waals surface area contributed by atoms with Crippen molar-refractivity contribution in [3.8, 4) is 0 Å². The fraction of sp³-hybridized carbons (Fsp3) is 0.417. The number of rotatable bonds is 3. The van der Waals surface area contributed by atoms with Crippen LogP contribution in [0, 0.1) is 6.92 Å². The van der Waals surface area contributed by atoms with Gasteiger partial charge in [0.2, 0.25) is 0 Å². The third-order valence-electron chi connectivity index (χ3n) is 2.47. The summed E-state index contributed by atoms with van der Waals surface area (Å²) in [4.78, 5) is 0. The van der Waals surface area contributed by atoms with Crippen LogP contribution in [-0.4, -0.2) is 0 Å². The zero-order chi connectivity index (χ0) is 8.97. The molecule has 0 saturated carbocycles. The molecule has 1 aromatic rings. The quantitative estimate of drug-likeness (QED) is 0.635. The maximum atomic E-state index is 3.93. The van der Waals surface area contributed by atoms with Gasteiger partial charge in [-0.15, -0.1) is 0 Å². The molecule has 65 valence electrons. The van der Waals surface area contributed by atoms with Crippen LogP contribution in [0.25, 0.3) is 0 Å². The van der Waals surface area contributed by atoms with E-state index >= 15 is 0 Å². The summed E-state index contributed by atoms with van der Waals surface area (Å²) >= 11 is 0. The van der Waals surface area contributed by atoms with Crippen LogP contribution in [-0.2, 0) is 6.42 Å². The summed E-state index contributed by atoms with van der Waals surface area (Å²) in [5, 5.41) is 0. The smallest absolute Gasteiger partial charge is 0.0190 e. The van der Waals surface area contributed by atoms with Gasteiger partial charge in [-0.3, -0.25) is 0 Å². The third kappa shape index (κ3) is 1.88. The molecule has 0 fully saturated rings. The molecule has 1 aromatic carbocycles. The predicted molar refractivity (Wildman–Crippen MR) is 54.2 cm³/mol. The maximum absolute atomic E-state index is 3.93. The standard InChI is InChI=1S/C12H17/c1-4-10(3)12-9-7-6-8-11(12)5-2/h6-10H,2,4-5H2,1,3H3. The number of benzene rings is 1. The van der Waals surface area contributed by atoms with Crippen molar-refractivity contribution in [1.29, 1.82) is 0 Å². The normalized spacial score (nSPS) is 12.9. The lowest BCUT2D eigenvalue weighted by Crippen LogP contribution is -1.96. The van der Waals surface area contributed by atoms with Crippen molar-refractivity contribution >= 4 is 0 Å². The van der Waals surface area contributed by atoms with Gasteiger partial charge in [-0.2, -0.15) is 0 Å². The van der Waals surface area contributed by atoms with Gasteiger partial charge in [-0.25, -0.2) is 0 Å². The summed E-state index contributed by atoms with van der Waals surface area (Å²) in [5.74, 6) is 0.669. The molecule has 0 saturated heterocycles. The molecule has 1 rings (SSSR count). The second kappa shape index (κ2) is 4.30. The first-order valence-electron chi connectivity index (χ1n) is 4.66. The lowest BCUT2D eigenvalue weighted by molar-refractivity contribution is 0.725. The molecule has 12 heavy (non-hydrogen) atoms. The van der Waals surface area contributed by atoms with Gasteiger partial charge in [-0.05, 0) is 36.8 Å². The minimum atomic E-state index is 0.669. The molecule has 0 spiro atoms. The van der Waals surface area contributed by atoms with E-state index in [1.165, 1.54) is 17.5 Å². The van der Waals surface area contributed by atoms with Crippen molar-refractivity contribution < 1.29 is 0 Å². The molecule has 1 atom stereocenters. The van der Waals surface area contributed by atoms with Gasteiger partial charge in [-0.1, -0.05) is 38.1 Å². The molecule has 0 aliphatic rings. The SMILES string of the molecule is [CH2]Cc1ccccc1C(C)CC. The van der Waals surface area contributed by atoms with Gasteiger partial charge in [0.25, 0.3) is 0 Å². The van der Waals surface area contributed by atoms with Crippen molar-refractivity contribution in [2.24, 2.45) is 0 Å². The molecule has 0 aliphatic carbocycles. The van der Waals surface area contributed by atoms with E-state index in [2.05, 4.69) is 45.0 Å². The fourth-order valence-corrected chi connectivity index (χ4v) is 1.46. The maximum Gasteiger partial charge on any atom is -0.0190 e. The molecule has 0 bridgehead atoms. The van der Waals surface area contributed by atoms with E-state index in [1.807, 2.05) is 0 Å². The Labute approximate surface area is 75.6 Å². The molecule has 0 aliphatic heterocycles. The highest BCUT2D eigenvalue weighted by Gasteiger charge is 2.05. The molecule has 0 amide bonds. The topological polar surface area (TPSA) is 0 Å². The second-order valence-corrected chi connectivity index (χ2v) is 3.26. The molecule has 0 nitrogen and oxygen atoms in total. The van der Waals surface area contributed by atoms with Crippen molar-refractivity contribution in [2.45, 2.75) is 32.6 Å². The van der Waals surface area contributed by atoms with Crippen LogP contribution in [0.3, 0.4) is 0 Å². The molecular formula is C12H17. The summed E-state index contributed by atoms with van der Waals surface area (Å²) < 4.78 is 0. The van der Waals surface area contributed by atoms with Crippen LogP contribution < -0.4 is 0 Å². The van der Waals surface area contributed by atoms with Crippen LogP contribution in [0.2, 0.25) is 0 Å². The number of hydrogen-bond donors (Lipinski definition) is 0. The van der Waals surface area contributed by atoms with E-state index < -0.39 is 0 Å². The monoisotopic (exact) mass is 161 g/mol. The average Bonchev–Trinajstić information content (AvgIpc) is 2.16. The Morgan fingerprint density at radius 3 is 2.58 bits per heavy atom. The van der Waals surface area contributed by atoms with Crippen LogP contribution in [0.1, 0.15) is 37.3 Å². The van der Waals surface area contributed by atoms with Gasteiger partial charge in [0.05, 0.1) is 0 Å². The minimum Gasteiger partial charge on any atom is -0.0648 e. The van der Waals surface area contributed by atoms with Crippen molar-refractivity contribution in [3.05, 3.63) is 42.3 Å². The van der Waals surface area contributed by atoms with Gasteiger partial charge in [0, 0.05) is 0 Å². The molecule has 0 heterocycles. The highest BCUT2D eigenvalue weighted by Crippen LogP contribution is 2.22. The Balaban J connectivity index is 2.96. The first-order valence-corrected chi connectivity index (χ1v) is 4.66. The largest absolute Gasteiger partial charge is 0.0648 e. The first-order chi connectivity index (χ1) is 5.79. The van der Waals surface area contributed by atoms with E-state index in [9.17, 15) is 0 Å². The van der Waals surface area contributed by atoms with Crippen molar-refractivity contribution in [3.63, 3.8) is 0 Å². The van der Waals surface area contributed by atoms with Gasteiger partial charge in [0.1, 0.15) is 0 Å². The van der Waals surface area contributed by atoms with Crippen LogP contribution in [0.5, 0.6) is 0 Å². The zero-order valence-corrected chi connectivity index (χ0v) is 8.01. The Morgan fingerprint density at radius 2 is 2.00 bits per heavy atom. The Hall–Kier alpha value is -0.780. The molecule has 0 heteroatoms. The predicted octanol–water partition coefficient (Wildman–Crippen LogP) is 3.58. The van der Waals surface area contributed by atoms with E-state index in [-0.39, 0.29) is 0 Å². The summed E-state index contributed by atoms with van der Waals surface area (Å²) in [7, 11) is 0. The van der Waals surface area contributed by atoms with E-state index in [0.717, 1.165) is 6.42 Å². The lowest BCUT2D eigenvalue weighted by Gasteiger charge is -2.13. The molecular weight excluding hydrogens is 144 g/mol. The summed E-state index contributed by atoms with van der Waals surface area (Å²) in [6.07, 6.45) is 2.11. The molecule has 1 unspecified atom stereocenters. The van der Waals surface area contributed by atoms with E-state index in [4.69, 9.17) is 0 Å². The second-order valence-electron chi connectivity index (χ2n) is 3.26. The van der Waals surface area contributed by atoms with Crippen molar-refractivity contribution in [1.82, 2.24) is 0 Å². The van der Waals surface area contributed by atoms with Crippen molar-refractivity contribution in [2.75, 3.05) is 0 Å². The van der Waals surface area contributed by atoms with Gasteiger partial charge < -0.3 is 0 Å². The minimum absolute atomic E-state index is 0.669. The van der Waals surface area contributed by atoms with E-state index in [0.29, 0.717) is 5.92 Å². The Morgan fingerprint density at radius 1 is 1.33 bits per heavy atom. The van der Waals surface area contributed by atoms with Gasteiger partial charge >= 0.3 is 0 Å². The highest BCUT2D eigenvalue weighted by molar-refractivity contribution is 5.30. The lowest BCUT2D eigenvalue weighted by atomic mass is 9.93. The first kappa shape index (κ1) is 9.31. The third-order valence-corrected chi connectivity index (χ3v) is 2.47. The fourth-order valence-electron chi connectivity index (χ4n) is 1.46. The van der Waals surface area contributed by atoms with E-state index in [1.54, 1.807) is 0 Å². The van der Waals surface area contributed by atoms with Crippen LogP contribution in [0.15, 0.2) is 24.3 Å². The summed E-state index contributed by atoms with van der Waals surface area (Å²) in [5.41, 5.74) is 2.86.